The minimum absolute atomic E-state index is 0.210. The summed E-state index contributed by atoms with van der Waals surface area (Å²) in [6.45, 7) is 7.25. The van der Waals surface area contributed by atoms with E-state index in [2.05, 4.69) is 48.5 Å². The quantitative estimate of drug-likeness (QED) is 0.0683. The first-order valence-electron chi connectivity index (χ1n) is 21.4. The van der Waals surface area contributed by atoms with E-state index in [1.54, 1.807) is 5.01 Å². The summed E-state index contributed by atoms with van der Waals surface area (Å²) in [4.78, 5) is 21.2. The van der Waals surface area contributed by atoms with E-state index in [-0.39, 0.29) is 5.70 Å². The highest BCUT2D eigenvalue weighted by atomic mass is 16.5. The molecule has 0 unspecified atom stereocenters. The number of aromatic amines is 1. The lowest BCUT2D eigenvalue weighted by molar-refractivity contribution is -0.134. The number of oxazole rings is 2. The first kappa shape index (κ1) is 43.7. The number of H-pyrrole nitrogens is 1. The Morgan fingerprint density at radius 2 is 1.09 bits per heavy atom. The van der Waals surface area contributed by atoms with Gasteiger partial charge in [-0.25, -0.2) is 14.8 Å². The molecular weight excluding hydrogens is 821 g/mol. The van der Waals surface area contributed by atoms with Crippen molar-refractivity contribution in [2.24, 2.45) is 0 Å². The van der Waals surface area contributed by atoms with Crippen LogP contribution in [0.2, 0.25) is 0 Å². The summed E-state index contributed by atoms with van der Waals surface area (Å²) in [5.41, 5.74) is 15.6. The molecule has 0 fully saturated rings. The summed E-state index contributed by atoms with van der Waals surface area (Å²) in [5, 5.41) is 22.3. The lowest BCUT2D eigenvalue weighted by Gasteiger charge is -2.18. The zero-order valence-corrected chi connectivity index (χ0v) is 36.5. The SMILES string of the molecule is Cc1n[nH]nc1Cc1ccc(OCCc2nc(-c3ccccc3)oc2C)cc1.Cc1oc(-c2ccccc2)nc1CCOc1ccc(CC2=C(C(=O)O)N(Cc3ccccc3)NN2)cc1. The molecule has 0 amide bonds. The fourth-order valence-corrected chi connectivity index (χ4v) is 7.21. The number of benzene rings is 5. The van der Waals surface area contributed by atoms with Gasteiger partial charge >= 0.3 is 5.97 Å². The number of ether oxygens (including phenoxy) is 2. The van der Waals surface area contributed by atoms with Gasteiger partial charge in [0.1, 0.15) is 23.0 Å². The van der Waals surface area contributed by atoms with Gasteiger partial charge in [-0.15, -0.1) is 5.53 Å². The summed E-state index contributed by atoms with van der Waals surface area (Å²) >= 11 is 0. The molecule has 0 atom stereocenters. The molecule has 0 bridgehead atoms. The molecule has 4 N–H and O–H groups in total. The molecule has 14 heteroatoms. The van der Waals surface area contributed by atoms with E-state index in [4.69, 9.17) is 18.3 Å². The number of allylic oxidation sites excluding steroid dienone is 1. The molecule has 9 rings (SSSR count). The van der Waals surface area contributed by atoms with Crippen molar-refractivity contribution in [3.8, 4) is 34.4 Å². The first-order chi connectivity index (χ1) is 31.8. The van der Waals surface area contributed by atoms with E-state index in [1.807, 2.05) is 148 Å². The van der Waals surface area contributed by atoms with Crippen molar-refractivity contribution in [3.63, 3.8) is 0 Å². The van der Waals surface area contributed by atoms with Crippen LogP contribution in [0.15, 0.2) is 160 Å². The maximum absolute atomic E-state index is 12.0. The van der Waals surface area contributed by atoms with Crippen LogP contribution in [0.4, 0.5) is 0 Å². The van der Waals surface area contributed by atoms with Gasteiger partial charge in [0.25, 0.3) is 0 Å². The van der Waals surface area contributed by atoms with Crippen molar-refractivity contribution in [3.05, 3.63) is 202 Å². The molecule has 1 aliphatic heterocycles. The standard InChI is InChI=1S/C29H28N4O4.C22H22N4O2/c1-20-25(30-28(37-20)23-10-6-3-7-11-23)16-17-36-24-14-12-21(13-15-24)18-26-27(29(34)35)33(32-31-26)19-22-8-4-2-5-9-22;1-15-21(25-26-24-15)14-17-8-10-19(11-9-17)27-13-12-20-16(2)28-22(23-20)18-6-4-3-5-7-18/h2-15,31-32H,16-19H2,1H3,(H,34,35);3-11H,12-14H2,1-2H3,(H,24,25,26). The number of aliphatic carboxylic acids is 1. The Labute approximate surface area is 376 Å². The average Bonchev–Trinajstić information content (AvgIpc) is 4.12. The van der Waals surface area contributed by atoms with Gasteiger partial charge in [0.2, 0.25) is 11.8 Å². The minimum Gasteiger partial charge on any atom is -0.493 e. The van der Waals surface area contributed by atoms with Crippen LogP contribution in [0.25, 0.3) is 22.9 Å². The highest BCUT2D eigenvalue weighted by Gasteiger charge is 2.28. The fraction of sp³-hybridized carbons (Fsp3) is 0.196. The molecule has 0 spiro atoms. The fourth-order valence-electron chi connectivity index (χ4n) is 7.21. The topological polar surface area (TPSA) is 177 Å². The van der Waals surface area contributed by atoms with Gasteiger partial charge in [-0.2, -0.15) is 15.4 Å². The Morgan fingerprint density at radius 3 is 1.57 bits per heavy atom. The molecule has 8 aromatic rings. The molecule has 5 aromatic carbocycles. The Morgan fingerprint density at radius 1 is 0.600 bits per heavy atom. The molecule has 0 radical (unpaired) electrons. The third-order valence-corrected chi connectivity index (χ3v) is 10.7. The minimum atomic E-state index is -0.984. The summed E-state index contributed by atoms with van der Waals surface area (Å²) in [7, 11) is 0. The smallest absolute Gasteiger partial charge is 0.355 e. The van der Waals surface area contributed by atoms with E-state index < -0.39 is 5.97 Å². The highest BCUT2D eigenvalue weighted by molar-refractivity contribution is 5.87. The van der Waals surface area contributed by atoms with Gasteiger partial charge < -0.3 is 28.8 Å². The number of aryl methyl sites for hydroxylation is 3. The molecular formula is C51H50N8O6. The number of carbonyl (C=O) groups is 1. The number of hydrazine groups is 2. The van der Waals surface area contributed by atoms with Crippen molar-refractivity contribution in [1.82, 2.24) is 41.3 Å². The van der Waals surface area contributed by atoms with Crippen molar-refractivity contribution in [2.75, 3.05) is 13.2 Å². The summed E-state index contributed by atoms with van der Waals surface area (Å²) in [5.74, 6) is 3.49. The van der Waals surface area contributed by atoms with Crippen LogP contribution in [-0.2, 0) is 37.0 Å². The van der Waals surface area contributed by atoms with Crippen LogP contribution < -0.4 is 20.4 Å². The number of hydrogen-bond donors (Lipinski definition) is 4. The molecule has 0 aliphatic carbocycles. The van der Waals surface area contributed by atoms with Crippen LogP contribution in [0, 0.1) is 20.8 Å². The Balaban J connectivity index is 0.000000184. The molecule has 3 aromatic heterocycles. The maximum Gasteiger partial charge on any atom is 0.355 e. The maximum atomic E-state index is 12.0. The van der Waals surface area contributed by atoms with Gasteiger partial charge in [-0.05, 0) is 86.0 Å². The first-order valence-corrected chi connectivity index (χ1v) is 21.4. The van der Waals surface area contributed by atoms with Crippen molar-refractivity contribution >= 4 is 5.97 Å². The van der Waals surface area contributed by atoms with Crippen LogP contribution in [-0.4, -0.2) is 54.7 Å². The molecule has 65 heavy (non-hydrogen) atoms. The van der Waals surface area contributed by atoms with Crippen LogP contribution in [0.3, 0.4) is 0 Å². The molecule has 0 saturated carbocycles. The van der Waals surface area contributed by atoms with Gasteiger partial charge in [-0.1, -0.05) is 91.0 Å². The van der Waals surface area contributed by atoms with Crippen molar-refractivity contribution in [2.45, 2.75) is 53.0 Å². The Kier molecular flexibility index (Phi) is 14.1. The second-order valence-corrected chi connectivity index (χ2v) is 15.4. The van der Waals surface area contributed by atoms with Gasteiger partial charge in [0, 0.05) is 36.8 Å². The number of carboxylic acids is 1. The van der Waals surface area contributed by atoms with Crippen LogP contribution in [0.1, 0.15) is 51.0 Å². The summed E-state index contributed by atoms with van der Waals surface area (Å²) < 4.78 is 23.4. The van der Waals surface area contributed by atoms with E-state index >= 15 is 0 Å². The van der Waals surface area contributed by atoms with Crippen LogP contribution >= 0.6 is 0 Å². The van der Waals surface area contributed by atoms with E-state index in [0.29, 0.717) is 56.5 Å². The lowest BCUT2D eigenvalue weighted by Crippen LogP contribution is -2.38. The van der Waals surface area contributed by atoms with Gasteiger partial charge in [0.15, 0.2) is 5.70 Å². The van der Waals surface area contributed by atoms with Gasteiger partial charge in [0.05, 0.1) is 48.2 Å². The second kappa shape index (κ2) is 20.9. The highest BCUT2D eigenvalue weighted by Crippen LogP contribution is 2.25. The van der Waals surface area contributed by atoms with Crippen molar-refractivity contribution < 1.29 is 28.2 Å². The van der Waals surface area contributed by atoms with Gasteiger partial charge in [-0.3, -0.25) is 5.01 Å². The number of hydrogen-bond acceptors (Lipinski definition) is 12. The number of carboxylic acid groups (broad SMARTS) is 1. The summed E-state index contributed by atoms with van der Waals surface area (Å²) in [6.07, 6.45) is 2.53. The predicted octanol–water partition coefficient (Wildman–Crippen LogP) is 8.92. The molecule has 330 valence electrons. The normalized spacial score (nSPS) is 12.1. The average molecular weight is 871 g/mol. The number of rotatable bonds is 17. The second-order valence-electron chi connectivity index (χ2n) is 15.4. The third kappa shape index (κ3) is 11.5. The zero-order chi connectivity index (χ0) is 45.0. The monoisotopic (exact) mass is 870 g/mol. The summed E-state index contributed by atoms with van der Waals surface area (Å²) in [6, 6.07) is 45.2. The largest absolute Gasteiger partial charge is 0.493 e. The number of aromatic nitrogens is 5. The lowest BCUT2D eigenvalue weighted by atomic mass is 10.1. The molecule has 4 heterocycles. The Bertz CT molecular complexity index is 2800. The van der Waals surface area contributed by atoms with E-state index in [9.17, 15) is 9.90 Å². The molecule has 0 saturated heterocycles. The predicted molar refractivity (Wildman–Crippen MR) is 245 cm³/mol. The molecule has 1 aliphatic rings. The van der Waals surface area contributed by atoms with Crippen LogP contribution in [0.5, 0.6) is 11.5 Å². The van der Waals surface area contributed by atoms with E-state index in [1.165, 1.54) is 5.56 Å². The zero-order valence-electron chi connectivity index (χ0n) is 36.5. The number of nitrogens with one attached hydrogen (secondary N) is 3. The number of nitrogens with zero attached hydrogens (tertiary/aromatic N) is 5. The van der Waals surface area contributed by atoms with E-state index in [0.717, 1.165) is 74.5 Å². The Hall–Kier alpha value is -7.97. The van der Waals surface area contributed by atoms with Crippen molar-refractivity contribution in [1.29, 1.82) is 0 Å². The molecule has 14 nitrogen and oxygen atoms in total. The third-order valence-electron chi connectivity index (χ3n) is 10.7.